The highest BCUT2D eigenvalue weighted by atomic mass is 32.1. The van der Waals surface area contributed by atoms with Crippen molar-refractivity contribution in [2.75, 3.05) is 5.32 Å². The van der Waals surface area contributed by atoms with Gasteiger partial charge in [-0.2, -0.15) is 0 Å². The molecule has 0 bridgehead atoms. The Kier molecular flexibility index (Phi) is 4.95. The van der Waals surface area contributed by atoms with Gasteiger partial charge in [-0.3, -0.25) is 9.59 Å². The van der Waals surface area contributed by atoms with Gasteiger partial charge >= 0.3 is 5.97 Å². The number of ether oxygens (including phenoxy) is 1. The summed E-state index contributed by atoms with van der Waals surface area (Å²) >= 11 is 1.11. The molecule has 0 spiro atoms. The number of para-hydroxylation sites is 1. The lowest BCUT2D eigenvalue weighted by atomic mass is 10.1. The van der Waals surface area contributed by atoms with Crippen molar-refractivity contribution in [1.29, 1.82) is 0 Å². The fourth-order valence-corrected chi connectivity index (χ4v) is 3.28. The molecule has 9 heteroatoms. The molecule has 3 rings (SSSR count). The summed E-state index contributed by atoms with van der Waals surface area (Å²) in [5.74, 6) is -3.00. The van der Waals surface area contributed by atoms with Crippen LogP contribution >= 0.6 is 11.3 Å². The van der Waals surface area contributed by atoms with E-state index in [4.69, 9.17) is 14.9 Å². The molecule has 1 aromatic carbocycles. The van der Waals surface area contributed by atoms with Crippen LogP contribution in [0.1, 0.15) is 33.4 Å². The Morgan fingerprint density at radius 2 is 2.04 bits per heavy atom. The van der Waals surface area contributed by atoms with Gasteiger partial charge in [-0.05, 0) is 31.4 Å². The number of benzene rings is 1. The molecule has 2 aromatic heterocycles. The maximum atomic E-state index is 13.8. The van der Waals surface area contributed by atoms with E-state index in [0.29, 0.717) is 10.9 Å². The minimum absolute atomic E-state index is 0.0521. The van der Waals surface area contributed by atoms with Gasteiger partial charge in [-0.1, -0.05) is 12.1 Å². The number of carbonyl (C=O) groups is 3. The van der Waals surface area contributed by atoms with Gasteiger partial charge in [0.25, 0.3) is 11.8 Å². The Morgan fingerprint density at radius 3 is 2.70 bits per heavy atom. The first-order valence-corrected chi connectivity index (χ1v) is 8.74. The Balaban J connectivity index is 1.75. The number of halogens is 1. The minimum atomic E-state index is -1.18. The maximum Gasteiger partial charge on any atom is 0.375 e. The summed E-state index contributed by atoms with van der Waals surface area (Å²) in [6, 6.07) is 5.81. The number of primary amides is 1. The zero-order valence-electron chi connectivity index (χ0n) is 14.4. The lowest BCUT2D eigenvalue weighted by Gasteiger charge is -2.12. The van der Waals surface area contributed by atoms with E-state index in [0.717, 1.165) is 11.3 Å². The molecule has 2 heterocycles. The number of fused-ring (bicyclic) bond motifs is 1. The maximum absolute atomic E-state index is 13.8. The lowest BCUT2D eigenvalue weighted by molar-refractivity contribution is -0.123. The second-order valence-corrected chi connectivity index (χ2v) is 6.65. The van der Waals surface area contributed by atoms with Crippen LogP contribution in [0.4, 0.5) is 9.39 Å². The summed E-state index contributed by atoms with van der Waals surface area (Å²) < 4.78 is 24.2. The number of carbonyl (C=O) groups excluding carboxylic acids is 3. The van der Waals surface area contributed by atoms with Gasteiger partial charge < -0.3 is 20.2 Å². The van der Waals surface area contributed by atoms with Crippen LogP contribution in [0.15, 0.2) is 34.1 Å². The third-order valence-electron chi connectivity index (χ3n) is 3.92. The van der Waals surface area contributed by atoms with E-state index in [1.54, 1.807) is 18.4 Å². The van der Waals surface area contributed by atoms with Gasteiger partial charge in [0.1, 0.15) is 5.00 Å². The van der Waals surface area contributed by atoms with E-state index >= 15 is 0 Å². The molecule has 0 aliphatic rings. The Bertz CT molecular complexity index is 1060. The number of nitrogens with one attached hydrogen (secondary N) is 1. The molecule has 27 heavy (non-hydrogen) atoms. The van der Waals surface area contributed by atoms with E-state index < -0.39 is 29.7 Å². The summed E-state index contributed by atoms with van der Waals surface area (Å²) in [6.45, 7) is 2.96. The molecule has 3 N–H and O–H groups in total. The van der Waals surface area contributed by atoms with Crippen LogP contribution in [0, 0.1) is 12.7 Å². The topological polar surface area (TPSA) is 112 Å². The molecule has 7 nitrogen and oxygen atoms in total. The molecule has 0 aliphatic carbocycles. The van der Waals surface area contributed by atoms with E-state index in [1.165, 1.54) is 25.1 Å². The number of hydrogen-bond donors (Lipinski definition) is 2. The second kappa shape index (κ2) is 7.20. The quantitative estimate of drug-likeness (QED) is 0.650. The number of esters is 1. The molecule has 1 atom stereocenters. The van der Waals surface area contributed by atoms with Crippen LogP contribution < -0.4 is 11.1 Å². The molecule has 3 aromatic rings. The number of aryl methyl sites for hydroxylation is 1. The highest BCUT2D eigenvalue weighted by Gasteiger charge is 2.26. The van der Waals surface area contributed by atoms with Crippen molar-refractivity contribution >= 4 is 45.1 Å². The zero-order chi connectivity index (χ0) is 19.7. The number of thiophene rings is 1. The minimum Gasteiger partial charge on any atom is -0.447 e. The van der Waals surface area contributed by atoms with Gasteiger partial charge in [-0.15, -0.1) is 11.3 Å². The normalized spacial score (nSPS) is 12.0. The van der Waals surface area contributed by atoms with Crippen LogP contribution in [0.3, 0.4) is 0 Å². The molecule has 0 aliphatic heterocycles. The van der Waals surface area contributed by atoms with Gasteiger partial charge in [0.2, 0.25) is 5.76 Å². The van der Waals surface area contributed by atoms with Crippen molar-refractivity contribution in [3.05, 3.63) is 52.3 Å². The van der Waals surface area contributed by atoms with Crippen LogP contribution in [0.25, 0.3) is 11.0 Å². The predicted molar refractivity (Wildman–Crippen MR) is 97.3 cm³/mol. The molecule has 0 fully saturated rings. The van der Waals surface area contributed by atoms with Crippen molar-refractivity contribution in [2.45, 2.75) is 20.0 Å². The lowest BCUT2D eigenvalue weighted by Crippen LogP contribution is -2.30. The van der Waals surface area contributed by atoms with E-state index in [1.807, 2.05) is 0 Å². The molecular weight excluding hydrogens is 375 g/mol. The summed E-state index contributed by atoms with van der Waals surface area (Å²) in [7, 11) is 0. The number of furan rings is 1. The summed E-state index contributed by atoms with van der Waals surface area (Å²) in [6.07, 6.45) is -1.18. The fourth-order valence-electron chi connectivity index (χ4n) is 2.48. The summed E-state index contributed by atoms with van der Waals surface area (Å²) in [4.78, 5) is 35.9. The van der Waals surface area contributed by atoms with Crippen molar-refractivity contribution in [1.82, 2.24) is 0 Å². The Morgan fingerprint density at radius 1 is 1.30 bits per heavy atom. The number of anilines is 1. The smallest absolute Gasteiger partial charge is 0.375 e. The number of amides is 2. The van der Waals surface area contributed by atoms with E-state index in [-0.39, 0.29) is 21.9 Å². The summed E-state index contributed by atoms with van der Waals surface area (Å²) in [5.41, 5.74) is 5.75. The standard InChI is InChI=1S/C18H15FN2O5S/c1-8-10-4-3-5-12(19)14(10)26-13(8)18(24)25-9(2)16(23)21-17-11(15(20)22)6-7-27-17/h3-7,9H,1-2H3,(H2,20,22)(H,21,23)/t9-/m1/s1. The van der Waals surface area contributed by atoms with Crippen molar-refractivity contribution in [3.63, 3.8) is 0 Å². The molecule has 0 saturated carbocycles. The largest absolute Gasteiger partial charge is 0.447 e. The van der Waals surface area contributed by atoms with Crippen molar-refractivity contribution < 1.29 is 27.9 Å². The number of nitrogens with two attached hydrogens (primary N) is 1. The predicted octanol–water partition coefficient (Wildman–Crippen LogP) is 3.22. The average molecular weight is 390 g/mol. The second-order valence-electron chi connectivity index (χ2n) is 5.74. The molecule has 0 unspecified atom stereocenters. The van der Waals surface area contributed by atoms with Crippen LogP contribution in [0.5, 0.6) is 0 Å². The van der Waals surface area contributed by atoms with Crippen LogP contribution in [0.2, 0.25) is 0 Å². The summed E-state index contributed by atoms with van der Waals surface area (Å²) in [5, 5.41) is 4.79. The van der Waals surface area contributed by atoms with E-state index in [2.05, 4.69) is 5.32 Å². The van der Waals surface area contributed by atoms with Crippen LogP contribution in [-0.4, -0.2) is 23.9 Å². The third-order valence-corrected chi connectivity index (χ3v) is 4.75. The van der Waals surface area contributed by atoms with Gasteiger partial charge in [0.15, 0.2) is 17.5 Å². The van der Waals surface area contributed by atoms with E-state index in [9.17, 15) is 18.8 Å². The highest BCUT2D eigenvalue weighted by molar-refractivity contribution is 7.14. The highest BCUT2D eigenvalue weighted by Crippen LogP contribution is 2.28. The third kappa shape index (κ3) is 3.54. The fraction of sp³-hybridized carbons (Fsp3) is 0.167. The first kappa shape index (κ1) is 18.6. The van der Waals surface area contributed by atoms with Gasteiger partial charge in [0.05, 0.1) is 5.56 Å². The SMILES string of the molecule is Cc1c(C(=O)O[C@H](C)C(=O)Nc2sccc2C(N)=O)oc2c(F)cccc12. The van der Waals surface area contributed by atoms with Crippen LogP contribution in [-0.2, 0) is 9.53 Å². The average Bonchev–Trinajstić information content (AvgIpc) is 3.20. The Hall–Kier alpha value is -3.20. The zero-order valence-corrected chi connectivity index (χ0v) is 15.2. The van der Waals surface area contributed by atoms with Crippen molar-refractivity contribution in [3.8, 4) is 0 Å². The Labute approximate surface area is 156 Å². The molecule has 2 amide bonds. The molecular formula is C18H15FN2O5S. The first-order valence-electron chi connectivity index (χ1n) is 7.86. The molecule has 140 valence electrons. The molecule has 0 saturated heterocycles. The molecule has 0 radical (unpaired) electrons. The van der Waals surface area contributed by atoms with Crippen molar-refractivity contribution in [2.24, 2.45) is 5.73 Å². The monoisotopic (exact) mass is 390 g/mol. The number of hydrogen-bond acceptors (Lipinski definition) is 6. The first-order chi connectivity index (χ1) is 12.8. The number of rotatable bonds is 5. The van der Waals surface area contributed by atoms with Gasteiger partial charge in [0, 0.05) is 10.9 Å². The van der Waals surface area contributed by atoms with Gasteiger partial charge in [-0.25, -0.2) is 9.18 Å².